The van der Waals surface area contributed by atoms with Crippen molar-refractivity contribution in [1.29, 1.82) is 0 Å². The van der Waals surface area contributed by atoms with E-state index < -0.39 is 0 Å². The Kier molecular flexibility index (Phi) is 7.69. The van der Waals surface area contributed by atoms with Crippen molar-refractivity contribution in [3.05, 3.63) is 29.8 Å². The van der Waals surface area contributed by atoms with Gasteiger partial charge in [0.15, 0.2) is 0 Å². The van der Waals surface area contributed by atoms with Crippen molar-refractivity contribution in [3.8, 4) is 5.75 Å². The van der Waals surface area contributed by atoms with Gasteiger partial charge in [-0.15, -0.1) is 12.4 Å². The molecule has 0 heterocycles. The predicted octanol–water partition coefficient (Wildman–Crippen LogP) is 2.89. The van der Waals surface area contributed by atoms with Crippen LogP contribution in [0.2, 0.25) is 0 Å². The molecule has 0 aromatic heterocycles. The van der Waals surface area contributed by atoms with Crippen LogP contribution < -0.4 is 15.8 Å². The van der Waals surface area contributed by atoms with Crippen LogP contribution in [-0.4, -0.2) is 18.6 Å². The highest BCUT2D eigenvalue weighted by Gasteiger charge is 2.27. The van der Waals surface area contributed by atoms with Crippen LogP contribution in [0, 0.1) is 11.8 Å². The van der Waals surface area contributed by atoms with Gasteiger partial charge in [0, 0.05) is 24.1 Å². The maximum Gasteiger partial charge on any atom is 0.223 e. The summed E-state index contributed by atoms with van der Waals surface area (Å²) in [7, 11) is 0. The van der Waals surface area contributed by atoms with Crippen LogP contribution in [-0.2, 0) is 11.3 Å². The van der Waals surface area contributed by atoms with Crippen molar-refractivity contribution < 1.29 is 9.53 Å². The zero-order valence-electron chi connectivity index (χ0n) is 13.4. The number of benzene rings is 1. The van der Waals surface area contributed by atoms with E-state index in [0.717, 1.165) is 30.6 Å². The van der Waals surface area contributed by atoms with Gasteiger partial charge in [0.1, 0.15) is 5.75 Å². The molecule has 5 heteroatoms. The third kappa shape index (κ3) is 5.50. The van der Waals surface area contributed by atoms with Gasteiger partial charge in [-0.1, -0.05) is 32.0 Å². The standard InChI is InChI=1S/C17H26N2O2.ClH/c1-12(2)11-21-16-6-4-3-5-14(16)10-19-17(20)13-7-8-15(18)9-13;/h3-6,12-13,15H,7-11,18H2,1-2H3,(H,19,20);1H. The van der Waals surface area contributed by atoms with E-state index in [1.807, 2.05) is 24.3 Å². The van der Waals surface area contributed by atoms with Crippen molar-refractivity contribution in [2.24, 2.45) is 17.6 Å². The first kappa shape index (κ1) is 18.8. The highest BCUT2D eigenvalue weighted by molar-refractivity contribution is 5.85. The second kappa shape index (κ2) is 9.01. The smallest absolute Gasteiger partial charge is 0.223 e. The summed E-state index contributed by atoms with van der Waals surface area (Å²) in [4.78, 5) is 12.1. The first-order valence-corrected chi connectivity index (χ1v) is 7.80. The summed E-state index contributed by atoms with van der Waals surface area (Å²) in [5.74, 6) is 1.52. The Labute approximate surface area is 139 Å². The average Bonchev–Trinajstić information content (AvgIpc) is 2.90. The molecule has 0 radical (unpaired) electrons. The molecule has 3 N–H and O–H groups in total. The number of ether oxygens (including phenoxy) is 1. The lowest BCUT2D eigenvalue weighted by molar-refractivity contribution is -0.125. The second-order valence-electron chi connectivity index (χ2n) is 6.30. The molecule has 2 unspecified atom stereocenters. The minimum absolute atomic E-state index is 0. The topological polar surface area (TPSA) is 64.3 Å². The van der Waals surface area contributed by atoms with Crippen LogP contribution in [0.3, 0.4) is 0 Å². The van der Waals surface area contributed by atoms with E-state index in [1.165, 1.54) is 0 Å². The minimum Gasteiger partial charge on any atom is -0.493 e. The van der Waals surface area contributed by atoms with Gasteiger partial charge in [-0.05, 0) is 31.2 Å². The normalized spacial score (nSPS) is 20.5. The fraction of sp³-hybridized carbons (Fsp3) is 0.588. The molecule has 0 saturated heterocycles. The lowest BCUT2D eigenvalue weighted by Crippen LogP contribution is -2.30. The summed E-state index contributed by atoms with van der Waals surface area (Å²) < 4.78 is 5.80. The maximum atomic E-state index is 12.1. The third-order valence-electron chi connectivity index (χ3n) is 3.84. The van der Waals surface area contributed by atoms with Crippen molar-refractivity contribution in [3.63, 3.8) is 0 Å². The SMILES string of the molecule is CC(C)COc1ccccc1CNC(=O)C1CCC(N)C1.Cl. The molecule has 22 heavy (non-hydrogen) atoms. The fourth-order valence-corrected chi connectivity index (χ4v) is 2.63. The van der Waals surface area contributed by atoms with Crippen molar-refractivity contribution in [1.82, 2.24) is 5.32 Å². The van der Waals surface area contributed by atoms with Crippen LogP contribution in [0.5, 0.6) is 5.75 Å². The molecule has 1 fully saturated rings. The fourth-order valence-electron chi connectivity index (χ4n) is 2.63. The van der Waals surface area contributed by atoms with Crippen molar-refractivity contribution in [2.45, 2.75) is 45.7 Å². The van der Waals surface area contributed by atoms with Gasteiger partial charge >= 0.3 is 0 Å². The van der Waals surface area contributed by atoms with Gasteiger partial charge in [0.2, 0.25) is 5.91 Å². The van der Waals surface area contributed by atoms with Crippen LogP contribution in [0.15, 0.2) is 24.3 Å². The Morgan fingerprint density at radius 3 is 2.73 bits per heavy atom. The molecule has 2 atom stereocenters. The highest BCUT2D eigenvalue weighted by Crippen LogP contribution is 2.24. The molecule has 1 aliphatic rings. The van der Waals surface area contributed by atoms with Gasteiger partial charge < -0.3 is 15.8 Å². The van der Waals surface area contributed by atoms with Gasteiger partial charge in [0.25, 0.3) is 0 Å². The molecule has 1 amide bonds. The number of amides is 1. The number of carbonyl (C=O) groups is 1. The molecule has 1 saturated carbocycles. The average molecular weight is 327 g/mol. The molecule has 0 spiro atoms. The summed E-state index contributed by atoms with van der Waals surface area (Å²) in [5, 5.41) is 3.01. The molecule has 124 valence electrons. The summed E-state index contributed by atoms with van der Waals surface area (Å²) in [6, 6.07) is 8.06. The first-order valence-electron chi connectivity index (χ1n) is 7.80. The van der Waals surface area contributed by atoms with Gasteiger partial charge in [0.05, 0.1) is 6.61 Å². The van der Waals surface area contributed by atoms with E-state index in [9.17, 15) is 4.79 Å². The van der Waals surface area contributed by atoms with Crippen LogP contribution in [0.25, 0.3) is 0 Å². The number of hydrogen-bond acceptors (Lipinski definition) is 3. The van der Waals surface area contributed by atoms with Crippen LogP contribution in [0.4, 0.5) is 0 Å². The Morgan fingerprint density at radius 2 is 2.09 bits per heavy atom. The van der Waals surface area contributed by atoms with Crippen molar-refractivity contribution >= 4 is 18.3 Å². The second-order valence-corrected chi connectivity index (χ2v) is 6.30. The zero-order valence-corrected chi connectivity index (χ0v) is 14.2. The lowest BCUT2D eigenvalue weighted by Gasteiger charge is -2.15. The molecule has 2 rings (SSSR count). The lowest BCUT2D eigenvalue weighted by atomic mass is 10.1. The predicted molar refractivity (Wildman–Crippen MR) is 91.2 cm³/mol. The quantitative estimate of drug-likeness (QED) is 0.844. The van der Waals surface area contributed by atoms with Gasteiger partial charge in [-0.2, -0.15) is 0 Å². The Balaban J connectivity index is 0.00000242. The Hall–Kier alpha value is -1.26. The summed E-state index contributed by atoms with van der Waals surface area (Å²) in [6.07, 6.45) is 2.65. The van der Waals surface area contributed by atoms with Crippen LogP contribution in [0.1, 0.15) is 38.7 Å². The number of nitrogens with two attached hydrogens (primary N) is 1. The number of rotatable bonds is 6. The molecular formula is C17H27ClN2O2. The van der Waals surface area contributed by atoms with E-state index in [4.69, 9.17) is 10.5 Å². The summed E-state index contributed by atoms with van der Waals surface area (Å²) in [6.45, 7) is 5.43. The number of halogens is 1. The first-order chi connectivity index (χ1) is 10.1. The summed E-state index contributed by atoms with van der Waals surface area (Å²) >= 11 is 0. The third-order valence-corrected chi connectivity index (χ3v) is 3.84. The monoisotopic (exact) mass is 326 g/mol. The van der Waals surface area contributed by atoms with E-state index in [2.05, 4.69) is 19.2 Å². The highest BCUT2D eigenvalue weighted by atomic mass is 35.5. The van der Waals surface area contributed by atoms with Crippen molar-refractivity contribution in [2.75, 3.05) is 6.61 Å². The molecule has 4 nitrogen and oxygen atoms in total. The molecule has 1 aromatic rings. The number of hydrogen-bond donors (Lipinski definition) is 2. The van der Waals surface area contributed by atoms with E-state index in [-0.39, 0.29) is 30.3 Å². The Bertz CT molecular complexity index is 479. The molecule has 0 aliphatic heterocycles. The molecular weight excluding hydrogens is 300 g/mol. The van der Waals surface area contributed by atoms with Crippen LogP contribution >= 0.6 is 12.4 Å². The molecule has 1 aromatic carbocycles. The Morgan fingerprint density at radius 1 is 1.36 bits per heavy atom. The molecule has 0 bridgehead atoms. The number of carbonyl (C=O) groups excluding carboxylic acids is 1. The largest absolute Gasteiger partial charge is 0.493 e. The van der Waals surface area contributed by atoms with Gasteiger partial charge in [-0.25, -0.2) is 0 Å². The van der Waals surface area contributed by atoms with E-state index in [0.29, 0.717) is 19.1 Å². The minimum atomic E-state index is 0. The molecule has 1 aliphatic carbocycles. The van der Waals surface area contributed by atoms with E-state index in [1.54, 1.807) is 0 Å². The van der Waals surface area contributed by atoms with Gasteiger partial charge in [-0.3, -0.25) is 4.79 Å². The summed E-state index contributed by atoms with van der Waals surface area (Å²) in [5.41, 5.74) is 6.88. The zero-order chi connectivity index (χ0) is 15.2. The number of nitrogens with one attached hydrogen (secondary N) is 1. The number of para-hydroxylation sites is 1. The maximum absolute atomic E-state index is 12.1. The van der Waals surface area contributed by atoms with E-state index >= 15 is 0 Å².